The maximum absolute atomic E-state index is 12.4. The van der Waals surface area contributed by atoms with Crippen LogP contribution in [-0.2, 0) is 14.4 Å². The molecule has 1 rings (SSSR count). The van der Waals surface area contributed by atoms with Gasteiger partial charge in [0.1, 0.15) is 0 Å². The van der Waals surface area contributed by atoms with Crippen LogP contribution in [0.3, 0.4) is 0 Å². The maximum Gasteiger partial charge on any atom is 0.317 e. The molecule has 10 nitrogen and oxygen atoms in total. The molecule has 10 heteroatoms. The fourth-order valence-corrected chi connectivity index (χ4v) is 2.36. The second-order valence-corrected chi connectivity index (χ2v) is 5.56. The molecule has 0 spiro atoms. The summed E-state index contributed by atoms with van der Waals surface area (Å²) in [5, 5.41) is 27.4. The quantitative estimate of drug-likeness (QED) is 0.343. The summed E-state index contributed by atoms with van der Waals surface area (Å²) < 4.78 is 0. The van der Waals surface area contributed by atoms with Gasteiger partial charge >= 0.3 is 11.9 Å². The van der Waals surface area contributed by atoms with E-state index in [2.05, 4.69) is 16.0 Å². The lowest BCUT2D eigenvalue weighted by Gasteiger charge is -2.27. The zero-order valence-electron chi connectivity index (χ0n) is 13.8. The molecule has 0 unspecified atom stereocenters. The monoisotopic (exact) mass is 345 g/mol. The largest absolute Gasteiger partial charge is 0.480 e. The smallest absolute Gasteiger partial charge is 0.317 e. The SMILES string of the molecule is O=C(O)CN(CC(=O)O)CC(=O)N1CCNCCNCCNCC1. The van der Waals surface area contributed by atoms with Crippen molar-refractivity contribution >= 4 is 17.8 Å². The summed E-state index contributed by atoms with van der Waals surface area (Å²) in [4.78, 5) is 36.8. The van der Waals surface area contributed by atoms with Gasteiger partial charge in [-0.1, -0.05) is 0 Å². The number of carbonyl (C=O) groups is 3. The van der Waals surface area contributed by atoms with Gasteiger partial charge in [-0.05, 0) is 0 Å². The van der Waals surface area contributed by atoms with E-state index >= 15 is 0 Å². The highest BCUT2D eigenvalue weighted by molar-refractivity contribution is 5.80. The predicted molar refractivity (Wildman–Crippen MR) is 86.9 cm³/mol. The molecule has 0 atom stereocenters. The van der Waals surface area contributed by atoms with Gasteiger partial charge < -0.3 is 31.1 Å². The van der Waals surface area contributed by atoms with Crippen LogP contribution in [-0.4, -0.2) is 110 Å². The fourth-order valence-electron chi connectivity index (χ4n) is 2.36. The summed E-state index contributed by atoms with van der Waals surface area (Å²) in [7, 11) is 0. The number of rotatable bonds is 6. The number of carboxylic acids is 2. The van der Waals surface area contributed by atoms with Crippen LogP contribution in [0.15, 0.2) is 0 Å². The van der Waals surface area contributed by atoms with Gasteiger partial charge in [0.15, 0.2) is 0 Å². The summed E-state index contributed by atoms with van der Waals surface area (Å²) in [5.74, 6) is -2.58. The lowest BCUT2D eigenvalue weighted by Crippen LogP contribution is -2.48. The molecule has 1 heterocycles. The summed E-state index contributed by atoms with van der Waals surface area (Å²) in [6.07, 6.45) is 0. The van der Waals surface area contributed by atoms with Crippen molar-refractivity contribution in [1.82, 2.24) is 25.8 Å². The Labute approximate surface area is 141 Å². The molecule has 0 saturated carbocycles. The molecule has 0 aromatic rings. The van der Waals surface area contributed by atoms with Crippen LogP contribution in [0.1, 0.15) is 0 Å². The Morgan fingerprint density at radius 3 is 1.58 bits per heavy atom. The van der Waals surface area contributed by atoms with Crippen LogP contribution < -0.4 is 16.0 Å². The van der Waals surface area contributed by atoms with Crippen LogP contribution in [0.25, 0.3) is 0 Å². The highest BCUT2D eigenvalue weighted by Crippen LogP contribution is 1.96. The number of aliphatic carboxylic acids is 2. The van der Waals surface area contributed by atoms with Crippen LogP contribution in [0.4, 0.5) is 0 Å². The zero-order chi connectivity index (χ0) is 17.8. The average molecular weight is 345 g/mol. The Balaban J connectivity index is 2.57. The van der Waals surface area contributed by atoms with Gasteiger partial charge in [-0.3, -0.25) is 19.3 Å². The second-order valence-electron chi connectivity index (χ2n) is 5.56. The lowest BCUT2D eigenvalue weighted by atomic mass is 10.3. The molecule has 1 amide bonds. The van der Waals surface area contributed by atoms with Crippen molar-refractivity contribution in [2.75, 3.05) is 72.0 Å². The Morgan fingerprint density at radius 2 is 1.17 bits per heavy atom. The third-order valence-corrected chi connectivity index (χ3v) is 3.50. The minimum atomic E-state index is -1.16. The van der Waals surface area contributed by atoms with E-state index in [0.29, 0.717) is 26.2 Å². The number of nitrogens with zero attached hydrogens (tertiary/aromatic N) is 2. The fraction of sp³-hybridized carbons (Fsp3) is 0.786. The summed E-state index contributed by atoms with van der Waals surface area (Å²) in [6, 6.07) is 0. The first-order valence-corrected chi connectivity index (χ1v) is 8.05. The number of carboxylic acid groups (broad SMARTS) is 2. The van der Waals surface area contributed by atoms with Gasteiger partial charge in [-0.25, -0.2) is 0 Å². The minimum Gasteiger partial charge on any atom is -0.480 e. The van der Waals surface area contributed by atoms with E-state index in [-0.39, 0.29) is 12.5 Å². The van der Waals surface area contributed by atoms with Crippen LogP contribution in [0.2, 0.25) is 0 Å². The minimum absolute atomic E-state index is 0.222. The Morgan fingerprint density at radius 1 is 0.750 bits per heavy atom. The Kier molecular flexibility index (Phi) is 9.92. The van der Waals surface area contributed by atoms with Gasteiger partial charge in [-0.15, -0.1) is 0 Å². The van der Waals surface area contributed by atoms with E-state index in [0.717, 1.165) is 31.1 Å². The number of hydrogen-bond acceptors (Lipinski definition) is 7. The molecule has 0 aliphatic carbocycles. The highest BCUT2D eigenvalue weighted by atomic mass is 16.4. The topological polar surface area (TPSA) is 134 Å². The van der Waals surface area contributed by atoms with Crippen molar-refractivity contribution in [1.29, 1.82) is 0 Å². The Bertz CT molecular complexity index is 392. The molecule has 1 aliphatic rings. The predicted octanol–water partition coefficient (Wildman–Crippen LogP) is -2.93. The van der Waals surface area contributed by atoms with E-state index in [9.17, 15) is 14.4 Å². The molecule has 5 N–H and O–H groups in total. The highest BCUT2D eigenvalue weighted by Gasteiger charge is 2.20. The van der Waals surface area contributed by atoms with Gasteiger partial charge in [0.25, 0.3) is 0 Å². The lowest BCUT2D eigenvalue weighted by molar-refractivity contribution is -0.143. The molecule has 0 radical (unpaired) electrons. The molecular formula is C14H27N5O5. The summed E-state index contributed by atoms with van der Waals surface area (Å²) in [6.45, 7) is 4.36. The van der Waals surface area contributed by atoms with Gasteiger partial charge in [0.2, 0.25) is 5.91 Å². The summed E-state index contributed by atoms with van der Waals surface area (Å²) in [5.41, 5.74) is 0. The Hall–Kier alpha value is -1.75. The molecule has 0 bridgehead atoms. The first-order chi connectivity index (χ1) is 11.5. The third-order valence-electron chi connectivity index (χ3n) is 3.50. The third kappa shape index (κ3) is 9.40. The van der Waals surface area contributed by atoms with Crippen molar-refractivity contribution in [2.45, 2.75) is 0 Å². The van der Waals surface area contributed by atoms with Gasteiger partial charge in [0, 0.05) is 52.4 Å². The molecule has 0 aromatic carbocycles. The molecule has 0 aromatic heterocycles. The van der Waals surface area contributed by atoms with Crippen molar-refractivity contribution in [3.8, 4) is 0 Å². The molecule has 138 valence electrons. The van der Waals surface area contributed by atoms with Crippen molar-refractivity contribution in [2.24, 2.45) is 0 Å². The molecule has 24 heavy (non-hydrogen) atoms. The number of nitrogens with one attached hydrogen (secondary N) is 3. The molecule has 1 saturated heterocycles. The van der Waals surface area contributed by atoms with Gasteiger partial charge in [-0.2, -0.15) is 0 Å². The maximum atomic E-state index is 12.4. The van der Waals surface area contributed by atoms with E-state index < -0.39 is 25.0 Å². The van der Waals surface area contributed by atoms with E-state index in [1.165, 1.54) is 0 Å². The zero-order valence-corrected chi connectivity index (χ0v) is 13.8. The standard InChI is InChI=1S/C14H27N5O5/c20-12(9-18(10-13(21)22)11-14(23)24)19-7-5-16-3-1-15-2-4-17-6-8-19/h15-17H,1-11H2,(H,21,22)(H,23,24). The first kappa shape index (κ1) is 20.3. The van der Waals surface area contributed by atoms with Crippen LogP contribution in [0, 0.1) is 0 Å². The van der Waals surface area contributed by atoms with Crippen molar-refractivity contribution in [3.63, 3.8) is 0 Å². The van der Waals surface area contributed by atoms with Crippen molar-refractivity contribution < 1.29 is 24.6 Å². The van der Waals surface area contributed by atoms with Crippen LogP contribution >= 0.6 is 0 Å². The van der Waals surface area contributed by atoms with Gasteiger partial charge in [0.05, 0.1) is 19.6 Å². The summed E-state index contributed by atoms with van der Waals surface area (Å²) >= 11 is 0. The normalized spacial score (nSPS) is 17.8. The number of amides is 1. The molecule has 1 fully saturated rings. The van der Waals surface area contributed by atoms with E-state index in [4.69, 9.17) is 10.2 Å². The van der Waals surface area contributed by atoms with E-state index in [1.807, 2.05) is 0 Å². The molecular weight excluding hydrogens is 318 g/mol. The molecule has 1 aliphatic heterocycles. The number of hydrogen-bond donors (Lipinski definition) is 5. The second kappa shape index (κ2) is 11.7. The van der Waals surface area contributed by atoms with Crippen molar-refractivity contribution in [3.05, 3.63) is 0 Å². The number of carbonyl (C=O) groups excluding carboxylic acids is 1. The van der Waals surface area contributed by atoms with Crippen LogP contribution in [0.5, 0.6) is 0 Å². The van der Waals surface area contributed by atoms with E-state index in [1.54, 1.807) is 4.90 Å². The average Bonchev–Trinajstić information content (AvgIpc) is 2.46. The first-order valence-electron chi connectivity index (χ1n) is 8.05.